The lowest BCUT2D eigenvalue weighted by Crippen LogP contribution is -2.44. The SMILES string of the molecule is O=C1NCCC[C@@H]1Nc1nc(-c2ccccc2)nc2ccccc12. The molecule has 1 aromatic heterocycles. The van der Waals surface area contributed by atoms with Gasteiger partial charge >= 0.3 is 0 Å². The highest BCUT2D eigenvalue weighted by atomic mass is 16.2. The van der Waals surface area contributed by atoms with E-state index in [0.717, 1.165) is 35.9 Å². The van der Waals surface area contributed by atoms with E-state index < -0.39 is 0 Å². The number of aromatic nitrogens is 2. The number of carbonyl (C=O) groups is 1. The molecule has 0 unspecified atom stereocenters. The molecule has 120 valence electrons. The summed E-state index contributed by atoms with van der Waals surface area (Å²) in [6.45, 7) is 0.747. The van der Waals surface area contributed by atoms with Crippen molar-refractivity contribution in [3.63, 3.8) is 0 Å². The first-order chi connectivity index (χ1) is 11.8. The molecule has 1 amide bonds. The molecule has 1 fully saturated rings. The van der Waals surface area contributed by atoms with Gasteiger partial charge in [-0.2, -0.15) is 0 Å². The Morgan fingerprint density at radius 2 is 1.79 bits per heavy atom. The third-order valence-electron chi connectivity index (χ3n) is 4.23. The van der Waals surface area contributed by atoms with Crippen molar-refractivity contribution in [3.8, 4) is 11.4 Å². The van der Waals surface area contributed by atoms with E-state index in [1.165, 1.54) is 0 Å². The first kappa shape index (κ1) is 14.6. The molecule has 0 spiro atoms. The van der Waals surface area contributed by atoms with Crippen molar-refractivity contribution >= 4 is 22.6 Å². The van der Waals surface area contributed by atoms with Crippen LogP contribution in [0.2, 0.25) is 0 Å². The number of rotatable bonds is 3. The Bertz CT molecular complexity index is 879. The van der Waals surface area contributed by atoms with E-state index in [2.05, 4.69) is 15.6 Å². The molecule has 1 aliphatic heterocycles. The van der Waals surface area contributed by atoms with Gasteiger partial charge < -0.3 is 10.6 Å². The number of carbonyl (C=O) groups excluding carboxylic acids is 1. The summed E-state index contributed by atoms with van der Waals surface area (Å²) < 4.78 is 0. The zero-order valence-corrected chi connectivity index (χ0v) is 13.2. The smallest absolute Gasteiger partial charge is 0.242 e. The van der Waals surface area contributed by atoms with E-state index in [-0.39, 0.29) is 11.9 Å². The first-order valence-electron chi connectivity index (χ1n) is 8.18. The second-order valence-corrected chi connectivity index (χ2v) is 5.91. The van der Waals surface area contributed by atoms with Crippen molar-refractivity contribution in [3.05, 3.63) is 54.6 Å². The fourth-order valence-electron chi connectivity index (χ4n) is 2.98. The number of amides is 1. The third kappa shape index (κ3) is 2.80. The van der Waals surface area contributed by atoms with Crippen LogP contribution < -0.4 is 10.6 Å². The number of hydrogen-bond acceptors (Lipinski definition) is 4. The molecular formula is C19H18N4O. The van der Waals surface area contributed by atoms with Crippen LogP contribution in [0.25, 0.3) is 22.3 Å². The van der Waals surface area contributed by atoms with Crippen LogP contribution in [0.15, 0.2) is 54.6 Å². The quantitative estimate of drug-likeness (QED) is 0.779. The Morgan fingerprint density at radius 3 is 2.62 bits per heavy atom. The van der Waals surface area contributed by atoms with Crippen LogP contribution in [0.3, 0.4) is 0 Å². The second-order valence-electron chi connectivity index (χ2n) is 5.91. The number of hydrogen-bond donors (Lipinski definition) is 2. The average molecular weight is 318 g/mol. The number of para-hydroxylation sites is 1. The maximum Gasteiger partial charge on any atom is 0.242 e. The number of anilines is 1. The van der Waals surface area contributed by atoms with E-state index in [4.69, 9.17) is 4.98 Å². The van der Waals surface area contributed by atoms with Crippen molar-refractivity contribution in [1.29, 1.82) is 0 Å². The van der Waals surface area contributed by atoms with Gasteiger partial charge in [0.25, 0.3) is 0 Å². The molecule has 4 rings (SSSR count). The largest absolute Gasteiger partial charge is 0.358 e. The molecule has 5 nitrogen and oxygen atoms in total. The highest BCUT2D eigenvalue weighted by Crippen LogP contribution is 2.26. The molecule has 1 aliphatic rings. The standard InChI is InChI=1S/C19H18N4O/c24-19-16(11-6-12-20-19)22-18-14-9-4-5-10-15(14)21-17(23-18)13-7-2-1-3-8-13/h1-5,7-10,16H,6,11-12H2,(H,20,24)(H,21,22,23)/t16-/m0/s1. The molecule has 0 bridgehead atoms. The summed E-state index contributed by atoms with van der Waals surface area (Å²) in [4.78, 5) is 21.4. The minimum atomic E-state index is -0.249. The van der Waals surface area contributed by atoms with E-state index in [9.17, 15) is 4.79 Å². The molecule has 2 aromatic carbocycles. The van der Waals surface area contributed by atoms with Crippen LogP contribution in [0, 0.1) is 0 Å². The topological polar surface area (TPSA) is 66.9 Å². The molecule has 24 heavy (non-hydrogen) atoms. The van der Waals surface area contributed by atoms with Crippen LogP contribution in [0.4, 0.5) is 5.82 Å². The predicted molar refractivity (Wildman–Crippen MR) is 94.6 cm³/mol. The number of benzene rings is 2. The van der Waals surface area contributed by atoms with Gasteiger partial charge in [0.15, 0.2) is 5.82 Å². The lowest BCUT2D eigenvalue weighted by Gasteiger charge is -2.24. The monoisotopic (exact) mass is 318 g/mol. The number of nitrogens with zero attached hydrogens (tertiary/aromatic N) is 2. The predicted octanol–water partition coefficient (Wildman–Crippen LogP) is 2.99. The normalized spacial score (nSPS) is 17.5. The Morgan fingerprint density at radius 1 is 1.00 bits per heavy atom. The fourth-order valence-corrected chi connectivity index (χ4v) is 2.98. The lowest BCUT2D eigenvalue weighted by atomic mass is 10.1. The average Bonchev–Trinajstić information content (AvgIpc) is 2.64. The molecule has 0 saturated carbocycles. The van der Waals surface area contributed by atoms with E-state index >= 15 is 0 Å². The molecule has 2 N–H and O–H groups in total. The molecule has 0 radical (unpaired) electrons. The van der Waals surface area contributed by atoms with Crippen LogP contribution in [-0.2, 0) is 4.79 Å². The lowest BCUT2D eigenvalue weighted by molar-refractivity contribution is -0.123. The summed E-state index contributed by atoms with van der Waals surface area (Å²) in [6, 6.07) is 17.5. The van der Waals surface area contributed by atoms with Crippen LogP contribution >= 0.6 is 0 Å². The minimum Gasteiger partial charge on any atom is -0.358 e. The van der Waals surface area contributed by atoms with Crippen molar-refractivity contribution in [2.24, 2.45) is 0 Å². The number of fused-ring (bicyclic) bond motifs is 1. The zero-order valence-electron chi connectivity index (χ0n) is 13.2. The van der Waals surface area contributed by atoms with Crippen molar-refractivity contribution in [1.82, 2.24) is 15.3 Å². The van der Waals surface area contributed by atoms with Gasteiger partial charge in [0.2, 0.25) is 5.91 Å². The highest BCUT2D eigenvalue weighted by Gasteiger charge is 2.23. The summed E-state index contributed by atoms with van der Waals surface area (Å²) in [5, 5.41) is 7.15. The van der Waals surface area contributed by atoms with E-state index in [1.54, 1.807) is 0 Å². The summed E-state index contributed by atoms with van der Waals surface area (Å²) in [7, 11) is 0. The summed E-state index contributed by atoms with van der Waals surface area (Å²) >= 11 is 0. The fraction of sp³-hybridized carbons (Fsp3) is 0.211. The van der Waals surface area contributed by atoms with Crippen molar-refractivity contribution < 1.29 is 4.79 Å². The van der Waals surface area contributed by atoms with Crippen molar-refractivity contribution in [2.75, 3.05) is 11.9 Å². The summed E-state index contributed by atoms with van der Waals surface area (Å²) in [6.07, 6.45) is 1.78. The third-order valence-corrected chi connectivity index (χ3v) is 4.23. The van der Waals surface area contributed by atoms with E-state index in [1.807, 2.05) is 54.6 Å². The minimum absolute atomic E-state index is 0.0326. The first-order valence-corrected chi connectivity index (χ1v) is 8.18. The maximum atomic E-state index is 12.1. The van der Waals surface area contributed by atoms with Gasteiger partial charge in [0.1, 0.15) is 11.9 Å². The molecule has 0 aliphatic carbocycles. The van der Waals surface area contributed by atoms with Gasteiger partial charge in [-0.05, 0) is 25.0 Å². The van der Waals surface area contributed by atoms with Crippen molar-refractivity contribution in [2.45, 2.75) is 18.9 Å². The number of piperidine rings is 1. The molecule has 1 atom stereocenters. The molecule has 3 aromatic rings. The van der Waals surface area contributed by atoms with Gasteiger partial charge in [0, 0.05) is 17.5 Å². The second kappa shape index (κ2) is 6.28. The van der Waals surface area contributed by atoms with Gasteiger partial charge in [-0.3, -0.25) is 4.79 Å². The van der Waals surface area contributed by atoms with Gasteiger partial charge in [0.05, 0.1) is 5.52 Å². The molecule has 2 heterocycles. The Hall–Kier alpha value is -2.95. The van der Waals surface area contributed by atoms with Crippen LogP contribution in [-0.4, -0.2) is 28.5 Å². The van der Waals surface area contributed by atoms with Gasteiger partial charge in [-0.25, -0.2) is 9.97 Å². The molecule has 5 heteroatoms. The van der Waals surface area contributed by atoms with Crippen LogP contribution in [0.1, 0.15) is 12.8 Å². The summed E-state index contributed by atoms with van der Waals surface area (Å²) in [5.74, 6) is 1.40. The molecular weight excluding hydrogens is 300 g/mol. The highest BCUT2D eigenvalue weighted by molar-refractivity contribution is 5.93. The summed E-state index contributed by atoms with van der Waals surface area (Å²) in [5.41, 5.74) is 1.82. The van der Waals surface area contributed by atoms with Gasteiger partial charge in [-0.1, -0.05) is 42.5 Å². The van der Waals surface area contributed by atoms with E-state index in [0.29, 0.717) is 11.6 Å². The molecule has 1 saturated heterocycles. The zero-order chi connectivity index (χ0) is 16.4. The Labute approximate surface area is 140 Å². The maximum absolute atomic E-state index is 12.1. The number of nitrogens with one attached hydrogen (secondary N) is 2. The Balaban J connectivity index is 1.79. The van der Waals surface area contributed by atoms with Gasteiger partial charge in [-0.15, -0.1) is 0 Å². The Kier molecular flexibility index (Phi) is 3.83. The van der Waals surface area contributed by atoms with Crippen LogP contribution in [0.5, 0.6) is 0 Å².